The summed E-state index contributed by atoms with van der Waals surface area (Å²) in [7, 11) is 1.00. The Morgan fingerprint density at radius 2 is 1.90 bits per heavy atom. The van der Waals surface area contributed by atoms with Crippen LogP contribution in [0.3, 0.4) is 0 Å². The van der Waals surface area contributed by atoms with Crippen LogP contribution in [0, 0.1) is 5.92 Å². The van der Waals surface area contributed by atoms with Crippen molar-refractivity contribution in [2.45, 2.75) is 63.7 Å². The average Bonchev–Trinajstić information content (AvgIpc) is 2.94. The number of nitrogens with one attached hydrogen (secondary N) is 1. The summed E-state index contributed by atoms with van der Waals surface area (Å²) < 4.78 is 38.2. The number of carbonyl (C=O) groups excluding carboxylic acids is 2. The topological polar surface area (TPSA) is 110 Å². The predicted molar refractivity (Wildman–Crippen MR) is 105 cm³/mol. The molecule has 1 fully saturated rings. The van der Waals surface area contributed by atoms with E-state index in [1.807, 2.05) is 0 Å². The SMILES string of the molecule is CC(C(=O)N(C)CC(F)(F)F)n1ncc(NC(=O)[C@@H](N)C2CCCCCC2)cc1=O. The lowest BCUT2D eigenvalue weighted by Gasteiger charge is -2.23. The van der Waals surface area contributed by atoms with Gasteiger partial charge in [-0.1, -0.05) is 25.7 Å². The molecule has 0 bridgehead atoms. The molecule has 0 radical (unpaired) electrons. The lowest BCUT2D eigenvalue weighted by molar-refractivity contribution is -0.160. The summed E-state index contributed by atoms with van der Waals surface area (Å²) in [4.78, 5) is 37.4. The van der Waals surface area contributed by atoms with E-state index < -0.39 is 42.2 Å². The number of nitrogens with two attached hydrogens (primary N) is 1. The molecule has 2 rings (SSSR count). The van der Waals surface area contributed by atoms with Crippen molar-refractivity contribution in [2.75, 3.05) is 18.9 Å². The van der Waals surface area contributed by atoms with Crippen molar-refractivity contribution in [3.63, 3.8) is 0 Å². The zero-order valence-corrected chi connectivity index (χ0v) is 17.1. The molecular weight excluding hydrogens is 403 g/mol. The predicted octanol–water partition coefficient (Wildman–Crippen LogP) is 2.06. The molecule has 1 aromatic rings. The van der Waals surface area contributed by atoms with Crippen LogP contribution in [0.1, 0.15) is 51.5 Å². The first-order valence-corrected chi connectivity index (χ1v) is 9.96. The van der Waals surface area contributed by atoms with Crippen molar-refractivity contribution in [2.24, 2.45) is 11.7 Å². The largest absolute Gasteiger partial charge is 0.406 e. The van der Waals surface area contributed by atoms with Gasteiger partial charge < -0.3 is 16.0 Å². The summed E-state index contributed by atoms with van der Waals surface area (Å²) in [5, 5.41) is 6.40. The van der Waals surface area contributed by atoms with Crippen LogP contribution >= 0.6 is 0 Å². The number of alkyl halides is 3. The van der Waals surface area contributed by atoms with E-state index in [-0.39, 0.29) is 11.6 Å². The highest BCUT2D eigenvalue weighted by atomic mass is 19.4. The maximum atomic E-state index is 12.5. The second-order valence-electron chi connectivity index (χ2n) is 7.78. The van der Waals surface area contributed by atoms with Crippen LogP contribution in [-0.2, 0) is 9.59 Å². The molecule has 1 heterocycles. The molecule has 1 saturated carbocycles. The Morgan fingerprint density at radius 1 is 1.30 bits per heavy atom. The Balaban J connectivity index is 2.04. The van der Waals surface area contributed by atoms with Crippen LogP contribution in [0.15, 0.2) is 17.1 Å². The number of nitrogens with zero attached hydrogens (tertiary/aromatic N) is 3. The van der Waals surface area contributed by atoms with E-state index in [1.165, 1.54) is 13.1 Å². The number of amides is 2. The van der Waals surface area contributed by atoms with Gasteiger partial charge in [-0.3, -0.25) is 14.4 Å². The molecule has 2 atom stereocenters. The third-order valence-corrected chi connectivity index (χ3v) is 5.32. The van der Waals surface area contributed by atoms with Gasteiger partial charge in [0.1, 0.15) is 12.6 Å². The molecule has 1 unspecified atom stereocenters. The van der Waals surface area contributed by atoms with Gasteiger partial charge >= 0.3 is 6.18 Å². The van der Waals surface area contributed by atoms with Crippen molar-refractivity contribution < 1.29 is 22.8 Å². The Morgan fingerprint density at radius 3 is 2.43 bits per heavy atom. The van der Waals surface area contributed by atoms with Gasteiger partial charge in [0.2, 0.25) is 11.8 Å². The summed E-state index contributed by atoms with van der Waals surface area (Å²) in [6.07, 6.45) is 2.68. The van der Waals surface area contributed by atoms with Crippen LogP contribution in [0.25, 0.3) is 0 Å². The maximum absolute atomic E-state index is 12.5. The van der Waals surface area contributed by atoms with Crippen LogP contribution in [0.5, 0.6) is 0 Å². The van der Waals surface area contributed by atoms with E-state index in [9.17, 15) is 27.6 Å². The Bertz CT molecular complexity index is 803. The molecule has 8 nitrogen and oxygen atoms in total. The smallest absolute Gasteiger partial charge is 0.335 e. The summed E-state index contributed by atoms with van der Waals surface area (Å²) in [5.41, 5.74) is 5.49. The van der Waals surface area contributed by atoms with Crippen molar-refractivity contribution in [1.82, 2.24) is 14.7 Å². The molecule has 1 aromatic heterocycles. The molecule has 0 aromatic carbocycles. The highest BCUT2D eigenvalue weighted by Gasteiger charge is 2.33. The number of hydrogen-bond donors (Lipinski definition) is 2. The zero-order chi connectivity index (χ0) is 22.5. The van der Waals surface area contributed by atoms with Gasteiger partial charge in [-0.05, 0) is 25.7 Å². The van der Waals surface area contributed by atoms with Gasteiger partial charge in [0.25, 0.3) is 5.56 Å². The third-order valence-electron chi connectivity index (χ3n) is 5.32. The number of aromatic nitrogens is 2. The van der Waals surface area contributed by atoms with Gasteiger partial charge in [0.15, 0.2) is 0 Å². The lowest BCUT2D eigenvalue weighted by Crippen LogP contribution is -2.43. The average molecular weight is 431 g/mol. The van der Waals surface area contributed by atoms with Gasteiger partial charge in [-0.2, -0.15) is 18.3 Å². The number of carbonyl (C=O) groups is 2. The molecular formula is C19H28F3N5O3. The number of anilines is 1. The Labute approximate surface area is 172 Å². The first-order chi connectivity index (χ1) is 14.0. The monoisotopic (exact) mass is 431 g/mol. The van der Waals surface area contributed by atoms with Crippen molar-refractivity contribution in [3.05, 3.63) is 22.6 Å². The molecule has 3 N–H and O–H groups in total. The quantitative estimate of drug-likeness (QED) is 0.670. The minimum Gasteiger partial charge on any atom is -0.335 e. The first-order valence-electron chi connectivity index (χ1n) is 9.96. The summed E-state index contributed by atoms with van der Waals surface area (Å²) in [6.45, 7) is -0.151. The molecule has 30 heavy (non-hydrogen) atoms. The van der Waals surface area contributed by atoms with Gasteiger partial charge in [0.05, 0.1) is 17.9 Å². The van der Waals surface area contributed by atoms with Crippen molar-refractivity contribution >= 4 is 17.5 Å². The fraction of sp³-hybridized carbons (Fsp3) is 0.684. The van der Waals surface area contributed by atoms with Crippen LogP contribution < -0.4 is 16.6 Å². The van der Waals surface area contributed by atoms with Gasteiger partial charge in [0, 0.05) is 13.1 Å². The minimum atomic E-state index is -4.55. The van der Waals surface area contributed by atoms with E-state index in [2.05, 4.69) is 10.4 Å². The van der Waals surface area contributed by atoms with Crippen LogP contribution in [-0.4, -0.2) is 52.3 Å². The molecule has 0 spiro atoms. The van der Waals surface area contributed by atoms with E-state index in [4.69, 9.17) is 5.73 Å². The standard InChI is InChI=1S/C19H28F3N5O3/c1-12(18(30)26(2)11-19(20,21)22)27-15(28)9-14(10-24-27)25-17(29)16(23)13-7-5-3-4-6-8-13/h9-10,12-13,16H,3-8,11,23H2,1-2H3,(H,25,29)/t12?,16-/m0/s1. The zero-order valence-electron chi connectivity index (χ0n) is 17.1. The summed E-state index contributed by atoms with van der Waals surface area (Å²) >= 11 is 0. The van der Waals surface area contributed by atoms with Gasteiger partial charge in [-0.15, -0.1) is 0 Å². The molecule has 1 aliphatic rings. The molecule has 168 valence electrons. The number of halogens is 3. The second-order valence-corrected chi connectivity index (χ2v) is 7.78. The highest BCUT2D eigenvalue weighted by molar-refractivity contribution is 5.94. The van der Waals surface area contributed by atoms with E-state index in [0.29, 0.717) is 4.90 Å². The Kier molecular flexibility index (Phi) is 7.99. The van der Waals surface area contributed by atoms with E-state index >= 15 is 0 Å². The number of hydrogen-bond acceptors (Lipinski definition) is 5. The molecule has 0 saturated heterocycles. The summed E-state index contributed by atoms with van der Waals surface area (Å²) in [6, 6.07) is -0.872. The fourth-order valence-corrected chi connectivity index (χ4v) is 3.66. The van der Waals surface area contributed by atoms with E-state index in [1.54, 1.807) is 0 Å². The Hall–Kier alpha value is -2.43. The normalized spacial score (nSPS) is 17.7. The number of likely N-dealkylation sites (N-methyl/N-ethyl adjacent to an activating group) is 1. The maximum Gasteiger partial charge on any atom is 0.406 e. The molecule has 2 amide bonds. The summed E-state index contributed by atoms with van der Waals surface area (Å²) in [5.74, 6) is -1.26. The second kappa shape index (κ2) is 10.1. The van der Waals surface area contributed by atoms with Crippen molar-refractivity contribution in [3.8, 4) is 0 Å². The van der Waals surface area contributed by atoms with Crippen molar-refractivity contribution in [1.29, 1.82) is 0 Å². The molecule has 0 aliphatic heterocycles. The van der Waals surface area contributed by atoms with Crippen LogP contribution in [0.2, 0.25) is 0 Å². The fourth-order valence-electron chi connectivity index (χ4n) is 3.66. The van der Waals surface area contributed by atoms with E-state index in [0.717, 1.165) is 56.3 Å². The third kappa shape index (κ3) is 6.54. The highest BCUT2D eigenvalue weighted by Crippen LogP contribution is 2.25. The molecule has 1 aliphatic carbocycles. The minimum absolute atomic E-state index is 0.0719. The van der Waals surface area contributed by atoms with Crippen LogP contribution in [0.4, 0.5) is 18.9 Å². The first kappa shape index (κ1) is 23.8. The number of rotatable bonds is 6. The van der Waals surface area contributed by atoms with Gasteiger partial charge in [-0.25, -0.2) is 4.68 Å². The lowest BCUT2D eigenvalue weighted by atomic mass is 9.92. The molecule has 11 heteroatoms.